The van der Waals surface area contributed by atoms with E-state index in [1.807, 2.05) is 0 Å². The molecule has 0 bridgehead atoms. The predicted molar refractivity (Wildman–Crippen MR) is 96.4 cm³/mol. The fourth-order valence-electron chi connectivity index (χ4n) is 3.32. The van der Waals surface area contributed by atoms with E-state index in [9.17, 15) is 0 Å². The maximum atomic E-state index is 3.76. The Morgan fingerprint density at radius 1 is 1.14 bits per heavy atom. The van der Waals surface area contributed by atoms with Gasteiger partial charge in [-0.15, -0.1) is 0 Å². The van der Waals surface area contributed by atoms with Crippen LogP contribution in [0.1, 0.15) is 55.7 Å². The van der Waals surface area contributed by atoms with E-state index in [0.717, 1.165) is 11.8 Å². The third kappa shape index (κ3) is 6.04. The van der Waals surface area contributed by atoms with Crippen molar-refractivity contribution in [3.8, 4) is 0 Å². The van der Waals surface area contributed by atoms with Crippen LogP contribution in [0.4, 0.5) is 0 Å². The first-order valence-corrected chi connectivity index (χ1v) is 9.64. The molecular weight excluding hydrogens is 274 g/mol. The molecule has 1 nitrogen and oxygen atoms in total. The predicted octanol–water partition coefficient (Wildman–Crippen LogP) is 4.89. The zero-order chi connectivity index (χ0) is 15.1. The summed E-state index contributed by atoms with van der Waals surface area (Å²) in [5.74, 6) is 1.26. The summed E-state index contributed by atoms with van der Waals surface area (Å²) in [6.07, 6.45) is 8.16. The number of aryl methyl sites for hydroxylation is 2. The van der Waals surface area contributed by atoms with Gasteiger partial charge in [-0.2, -0.15) is 11.8 Å². The molecule has 1 aromatic rings. The van der Waals surface area contributed by atoms with Crippen molar-refractivity contribution in [3.05, 3.63) is 34.9 Å². The average molecular weight is 306 g/mol. The molecule has 1 fully saturated rings. The zero-order valence-corrected chi connectivity index (χ0v) is 14.8. The molecule has 0 aromatic heterocycles. The highest BCUT2D eigenvalue weighted by Crippen LogP contribution is 2.30. The lowest BCUT2D eigenvalue weighted by Crippen LogP contribution is -2.34. The molecule has 1 N–H and O–H groups in total. The van der Waals surface area contributed by atoms with Crippen LogP contribution in [0.3, 0.4) is 0 Å². The summed E-state index contributed by atoms with van der Waals surface area (Å²) in [6.45, 7) is 7.81. The Kier molecular flexibility index (Phi) is 7.12. The second-order valence-electron chi connectivity index (χ2n) is 6.59. The molecule has 118 valence electrons. The third-order valence-corrected chi connectivity index (χ3v) is 5.82. The van der Waals surface area contributed by atoms with Crippen LogP contribution in [0.25, 0.3) is 0 Å². The van der Waals surface area contributed by atoms with Crippen LogP contribution >= 0.6 is 11.8 Å². The maximum absolute atomic E-state index is 3.76. The molecule has 1 aliphatic rings. The monoisotopic (exact) mass is 305 g/mol. The molecule has 0 radical (unpaired) electrons. The van der Waals surface area contributed by atoms with Crippen molar-refractivity contribution in [2.24, 2.45) is 0 Å². The van der Waals surface area contributed by atoms with Crippen LogP contribution in [0.15, 0.2) is 18.2 Å². The van der Waals surface area contributed by atoms with E-state index >= 15 is 0 Å². The van der Waals surface area contributed by atoms with Crippen molar-refractivity contribution < 1.29 is 0 Å². The summed E-state index contributed by atoms with van der Waals surface area (Å²) >= 11 is 2.21. The molecule has 0 aliphatic heterocycles. The van der Waals surface area contributed by atoms with Crippen LogP contribution in [0.2, 0.25) is 0 Å². The van der Waals surface area contributed by atoms with E-state index in [1.165, 1.54) is 61.0 Å². The molecule has 2 rings (SSSR count). The molecular formula is C19H31NS. The molecule has 0 saturated heterocycles. The highest BCUT2D eigenvalue weighted by atomic mass is 32.2. The number of hydrogen-bond acceptors (Lipinski definition) is 2. The van der Waals surface area contributed by atoms with E-state index < -0.39 is 0 Å². The van der Waals surface area contributed by atoms with Crippen molar-refractivity contribution in [1.29, 1.82) is 0 Å². The summed E-state index contributed by atoms with van der Waals surface area (Å²) in [7, 11) is 0. The number of benzene rings is 1. The van der Waals surface area contributed by atoms with Gasteiger partial charge in [-0.3, -0.25) is 0 Å². The molecule has 2 heteroatoms. The molecule has 1 unspecified atom stereocenters. The van der Waals surface area contributed by atoms with E-state index in [2.05, 4.69) is 56.0 Å². The lowest BCUT2D eigenvalue weighted by atomic mass is 10.0. The van der Waals surface area contributed by atoms with Crippen LogP contribution < -0.4 is 5.32 Å². The number of hydrogen-bond donors (Lipinski definition) is 1. The van der Waals surface area contributed by atoms with E-state index in [4.69, 9.17) is 0 Å². The molecule has 0 amide bonds. The summed E-state index contributed by atoms with van der Waals surface area (Å²) in [5, 5.41) is 4.69. The minimum absolute atomic E-state index is 0.622. The quantitative estimate of drug-likeness (QED) is 0.734. The lowest BCUT2D eigenvalue weighted by Gasteiger charge is -2.21. The van der Waals surface area contributed by atoms with Crippen LogP contribution in [0.5, 0.6) is 0 Å². The summed E-state index contributed by atoms with van der Waals surface area (Å²) in [4.78, 5) is 0. The van der Waals surface area contributed by atoms with Gasteiger partial charge in [0.25, 0.3) is 0 Å². The van der Waals surface area contributed by atoms with Crippen molar-refractivity contribution in [2.75, 3.05) is 12.3 Å². The van der Waals surface area contributed by atoms with Gasteiger partial charge in [0.2, 0.25) is 0 Å². The SMILES string of the molecule is CCCNC(CSC1CCCC1)Cc1cc(C)cc(C)c1. The molecule has 21 heavy (non-hydrogen) atoms. The Morgan fingerprint density at radius 2 is 1.81 bits per heavy atom. The average Bonchev–Trinajstić information content (AvgIpc) is 2.94. The first kappa shape index (κ1) is 16.9. The Morgan fingerprint density at radius 3 is 2.43 bits per heavy atom. The fourth-order valence-corrected chi connectivity index (χ4v) is 4.72. The minimum atomic E-state index is 0.622. The Labute approximate surface area is 135 Å². The van der Waals surface area contributed by atoms with E-state index in [-0.39, 0.29) is 0 Å². The molecule has 1 atom stereocenters. The fraction of sp³-hybridized carbons (Fsp3) is 0.684. The van der Waals surface area contributed by atoms with Gasteiger partial charge >= 0.3 is 0 Å². The van der Waals surface area contributed by atoms with Crippen molar-refractivity contribution in [3.63, 3.8) is 0 Å². The van der Waals surface area contributed by atoms with Gasteiger partial charge in [-0.05, 0) is 51.6 Å². The first-order chi connectivity index (χ1) is 10.2. The van der Waals surface area contributed by atoms with E-state index in [1.54, 1.807) is 0 Å². The first-order valence-electron chi connectivity index (χ1n) is 8.59. The Bertz CT molecular complexity index is 403. The Hall–Kier alpha value is -0.470. The van der Waals surface area contributed by atoms with Crippen LogP contribution in [-0.2, 0) is 6.42 Å². The van der Waals surface area contributed by atoms with Gasteiger partial charge in [0, 0.05) is 17.0 Å². The molecule has 0 heterocycles. The number of nitrogens with one attached hydrogen (secondary N) is 1. The normalized spacial score (nSPS) is 17.3. The van der Waals surface area contributed by atoms with Crippen molar-refractivity contribution in [1.82, 2.24) is 5.32 Å². The second-order valence-corrected chi connectivity index (χ2v) is 7.92. The topological polar surface area (TPSA) is 12.0 Å². The van der Waals surface area contributed by atoms with Crippen LogP contribution in [-0.4, -0.2) is 23.6 Å². The van der Waals surface area contributed by atoms with Gasteiger partial charge in [-0.25, -0.2) is 0 Å². The van der Waals surface area contributed by atoms with Gasteiger partial charge in [-0.1, -0.05) is 49.1 Å². The van der Waals surface area contributed by atoms with Gasteiger partial charge < -0.3 is 5.32 Å². The number of thioether (sulfide) groups is 1. The lowest BCUT2D eigenvalue weighted by molar-refractivity contribution is 0.549. The largest absolute Gasteiger partial charge is 0.313 e. The van der Waals surface area contributed by atoms with Gasteiger partial charge in [0.15, 0.2) is 0 Å². The Balaban J connectivity index is 1.90. The second kappa shape index (κ2) is 8.85. The highest BCUT2D eigenvalue weighted by Gasteiger charge is 2.18. The third-order valence-electron chi connectivity index (χ3n) is 4.28. The molecule has 1 saturated carbocycles. The van der Waals surface area contributed by atoms with E-state index in [0.29, 0.717) is 6.04 Å². The van der Waals surface area contributed by atoms with Gasteiger partial charge in [0.1, 0.15) is 0 Å². The molecule has 1 aromatic carbocycles. The molecule has 1 aliphatic carbocycles. The smallest absolute Gasteiger partial charge is 0.0198 e. The van der Waals surface area contributed by atoms with Crippen LogP contribution in [0, 0.1) is 13.8 Å². The summed E-state index contributed by atoms with van der Waals surface area (Å²) in [5.41, 5.74) is 4.28. The van der Waals surface area contributed by atoms with Crippen molar-refractivity contribution >= 4 is 11.8 Å². The standard InChI is InChI=1S/C19H31NS/c1-4-9-20-18(14-21-19-7-5-6-8-19)13-17-11-15(2)10-16(3)12-17/h10-12,18-20H,4-9,13-14H2,1-3H3. The highest BCUT2D eigenvalue weighted by molar-refractivity contribution is 7.99. The number of rotatable bonds is 8. The summed E-state index contributed by atoms with van der Waals surface area (Å²) in [6, 6.07) is 7.60. The molecule has 0 spiro atoms. The zero-order valence-electron chi connectivity index (χ0n) is 14.0. The van der Waals surface area contributed by atoms with Gasteiger partial charge in [0.05, 0.1) is 0 Å². The minimum Gasteiger partial charge on any atom is -0.313 e. The maximum Gasteiger partial charge on any atom is 0.0198 e. The summed E-state index contributed by atoms with van der Waals surface area (Å²) < 4.78 is 0. The van der Waals surface area contributed by atoms with Crippen molar-refractivity contribution in [2.45, 2.75) is 70.6 Å².